The first-order chi connectivity index (χ1) is 8.65. The van der Waals surface area contributed by atoms with Gasteiger partial charge in [-0.15, -0.1) is 0 Å². The molecule has 7 N–H and O–H groups in total. The van der Waals surface area contributed by atoms with Gasteiger partial charge < -0.3 is 22.1 Å². The van der Waals surface area contributed by atoms with Crippen LogP contribution in [0, 0.1) is 0 Å². The van der Waals surface area contributed by atoms with Crippen molar-refractivity contribution < 1.29 is 0 Å². The summed E-state index contributed by atoms with van der Waals surface area (Å²) in [4.78, 5) is 8.27. The Hall–Kier alpha value is -2.06. The van der Waals surface area contributed by atoms with E-state index in [-0.39, 0.29) is 5.82 Å². The molecule has 0 radical (unpaired) electrons. The Labute approximate surface area is 108 Å². The fraction of sp³-hybridized carbons (Fsp3) is 0.222. The lowest BCUT2D eigenvalue weighted by molar-refractivity contribution is 1.02. The molecule has 0 atom stereocenters. The van der Waals surface area contributed by atoms with Crippen molar-refractivity contribution in [3.8, 4) is 0 Å². The maximum absolute atomic E-state index is 5.87. The summed E-state index contributed by atoms with van der Waals surface area (Å²) in [5.74, 6) is 0.567. The van der Waals surface area contributed by atoms with Crippen LogP contribution in [0.3, 0.4) is 0 Å². The highest BCUT2D eigenvalue weighted by Crippen LogP contribution is 2.24. The van der Waals surface area contributed by atoms with Crippen LogP contribution in [0.4, 0.5) is 11.8 Å². The van der Waals surface area contributed by atoms with Crippen LogP contribution in [0.25, 0.3) is 11.0 Å². The number of nitrogens with zero attached hydrogens (tertiary/aromatic N) is 3. The molecular formula is C9H13ClN8. The van der Waals surface area contributed by atoms with E-state index >= 15 is 0 Å². The van der Waals surface area contributed by atoms with E-state index in [9.17, 15) is 0 Å². The van der Waals surface area contributed by atoms with Crippen LogP contribution in [0.2, 0.25) is 5.15 Å². The monoisotopic (exact) mass is 268 g/mol. The highest BCUT2D eigenvalue weighted by Gasteiger charge is 2.12. The Morgan fingerprint density at radius 2 is 2.28 bits per heavy atom. The second-order valence-electron chi connectivity index (χ2n) is 3.46. The number of aromatic nitrogens is 4. The van der Waals surface area contributed by atoms with Crippen LogP contribution < -0.4 is 22.1 Å². The van der Waals surface area contributed by atoms with Crippen molar-refractivity contribution in [3.05, 3.63) is 17.1 Å². The predicted molar refractivity (Wildman–Crippen MR) is 70.9 cm³/mol. The summed E-state index contributed by atoms with van der Waals surface area (Å²) in [5, 5.41) is 13.1. The fourth-order valence-electron chi connectivity index (χ4n) is 1.43. The SMILES string of the molecule is CN/C=C(\CN)Nc1nc(N)c2c(Cl)[nH]nc2n1. The molecule has 2 rings (SSSR count). The zero-order valence-corrected chi connectivity index (χ0v) is 10.4. The minimum Gasteiger partial charge on any atom is -0.393 e. The van der Waals surface area contributed by atoms with E-state index in [2.05, 4.69) is 30.8 Å². The van der Waals surface area contributed by atoms with Crippen molar-refractivity contribution in [3.63, 3.8) is 0 Å². The van der Waals surface area contributed by atoms with Crippen LogP contribution >= 0.6 is 11.6 Å². The smallest absolute Gasteiger partial charge is 0.231 e. The molecule has 0 aromatic carbocycles. The van der Waals surface area contributed by atoms with Gasteiger partial charge in [0, 0.05) is 25.5 Å². The summed E-state index contributed by atoms with van der Waals surface area (Å²) in [7, 11) is 1.77. The molecule has 18 heavy (non-hydrogen) atoms. The second kappa shape index (κ2) is 5.07. The number of hydrogen-bond acceptors (Lipinski definition) is 7. The third-order valence-electron chi connectivity index (χ3n) is 2.21. The van der Waals surface area contributed by atoms with Crippen LogP contribution in [-0.2, 0) is 0 Å². The van der Waals surface area contributed by atoms with Gasteiger partial charge in [0.1, 0.15) is 16.4 Å². The van der Waals surface area contributed by atoms with E-state index in [1.54, 1.807) is 13.2 Å². The molecule has 2 aromatic rings. The number of H-pyrrole nitrogens is 1. The molecule has 0 aliphatic rings. The van der Waals surface area contributed by atoms with E-state index in [0.717, 1.165) is 5.70 Å². The molecule has 0 aliphatic heterocycles. The number of nitrogens with one attached hydrogen (secondary N) is 3. The number of nitrogen functional groups attached to an aromatic ring is 1. The number of fused-ring (bicyclic) bond motifs is 1. The first-order valence-electron chi connectivity index (χ1n) is 5.16. The van der Waals surface area contributed by atoms with Gasteiger partial charge in [0.05, 0.1) is 0 Å². The molecule has 2 aromatic heterocycles. The molecule has 9 heteroatoms. The zero-order valence-electron chi connectivity index (χ0n) is 9.66. The lowest BCUT2D eigenvalue weighted by atomic mass is 10.4. The minimum atomic E-state index is 0.252. The Morgan fingerprint density at radius 1 is 1.50 bits per heavy atom. The molecule has 0 saturated heterocycles. The number of halogens is 1. The molecule has 0 fully saturated rings. The topological polar surface area (TPSA) is 131 Å². The maximum Gasteiger partial charge on any atom is 0.231 e. The summed E-state index contributed by atoms with van der Waals surface area (Å²) in [6.45, 7) is 0.309. The number of aromatic amines is 1. The van der Waals surface area contributed by atoms with Gasteiger partial charge in [-0.3, -0.25) is 5.10 Å². The summed E-state index contributed by atoms with van der Waals surface area (Å²) < 4.78 is 0. The Bertz CT molecular complexity index is 590. The lowest BCUT2D eigenvalue weighted by Crippen LogP contribution is -2.16. The van der Waals surface area contributed by atoms with Crippen molar-refractivity contribution in [1.29, 1.82) is 0 Å². The summed E-state index contributed by atoms with van der Waals surface area (Å²) in [5.41, 5.74) is 12.5. The molecule has 0 saturated carbocycles. The van der Waals surface area contributed by atoms with Crippen molar-refractivity contribution in [2.45, 2.75) is 0 Å². The van der Waals surface area contributed by atoms with Gasteiger partial charge in [0.25, 0.3) is 0 Å². The third kappa shape index (κ3) is 2.29. The van der Waals surface area contributed by atoms with Gasteiger partial charge in [-0.25, -0.2) is 0 Å². The molecule has 96 valence electrons. The first kappa shape index (κ1) is 12.4. The van der Waals surface area contributed by atoms with Crippen molar-refractivity contribution >= 4 is 34.4 Å². The van der Waals surface area contributed by atoms with E-state index in [0.29, 0.717) is 28.7 Å². The molecule has 0 bridgehead atoms. The summed E-state index contributed by atoms with van der Waals surface area (Å²) in [6, 6.07) is 0. The van der Waals surface area contributed by atoms with Crippen LogP contribution in [0.5, 0.6) is 0 Å². The second-order valence-corrected chi connectivity index (χ2v) is 3.83. The number of anilines is 2. The Kier molecular flexibility index (Phi) is 3.49. The molecule has 2 heterocycles. The number of nitrogens with two attached hydrogens (primary N) is 2. The van der Waals surface area contributed by atoms with Crippen LogP contribution in [0.15, 0.2) is 11.9 Å². The van der Waals surface area contributed by atoms with E-state index in [1.165, 1.54) is 0 Å². The molecule has 8 nitrogen and oxygen atoms in total. The third-order valence-corrected chi connectivity index (χ3v) is 2.48. The molecule has 0 aliphatic carbocycles. The molecule has 0 spiro atoms. The Balaban J connectivity index is 2.38. The number of hydrogen-bond donors (Lipinski definition) is 5. The standard InChI is InChI=1S/C9H13ClN8/c1-13-3-4(2-11)14-9-15-7(12)5-6(10)17-18-8(5)16-9/h3,13H,2,11H2,1H3,(H4,12,14,15,16,17,18)/b4-3+. The maximum atomic E-state index is 5.87. The van der Waals surface area contributed by atoms with E-state index < -0.39 is 0 Å². The average molecular weight is 269 g/mol. The van der Waals surface area contributed by atoms with Gasteiger partial charge >= 0.3 is 0 Å². The zero-order chi connectivity index (χ0) is 13.1. The van der Waals surface area contributed by atoms with E-state index in [4.69, 9.17) is 23.1 Å². The van der Waals surface area contributed by atoms with Gasteiger partial charge in [-0.2, -0.15) is 15.1 Å². The van der Waals surface area contributed by atoms with Crippen LogP contribution in [0.1, 0.15) is 0 Å². The summed E-state index contributed by atoms with van der Waals surface area (Å²) in [6.07, 6.45) is 1.71. The average Bonchev–Trinajstić information content (AvgIpc) is 2.71. The van der Waals surface area contributed by atoms with Gasteiger partial charge in [0.15, 0.2) is 5.65 Å². The van der Waals surface area contributed by atoms with Gasteiger partial charge in [0.2, 0.25) is 5.95 Å². The first-order valence-corrected chi connectivity index (χ1v) is 5.54. The molecular weight excluding hydrogens is 256 g/mol. The fourth-order valence-corrected chi connectivity index (χ4v) is 1.66. The van der Waals surface area contributed by atoms with Gasteiger partial charge in [-0.1, -0.05) is 11.6 Å². The summed E-state index contributed by atoms with van der Waals surface area (Å²) >= 11 is 5.87. The van der Waals surface area contributed by atoms with Crippen molar-refractivity contribution in [2.75, 3.05) is 24.6 Å². The largest absolute Gasteiger partial charge is 0.393 e. The molecule has 0 unspecified atom stereocenters. The Morgan fingerprint density at radius 3 is 2.94 bits per heavy atom. The van der Waals surface area contributed by atoms with Gasteiger partial charge in [-0.05, 0) is 0 Å². The predicted octanol–water partition coefficient (Wildman–Crippen LogP) is 0.0199. The quantitative estimate of drug-likeness (QED) is 0.528. The highest BCUT2D eigenvalue weighted by atomic mass is 35.5. The molecule has 0 amide bonds. The van der Waals surface area contributed by atoms with Crippen molar-refractivity contribution in [2.24, 2.45) is 5.73 Å². The van der Waals surface area contributed by atoms with Crippen molar-refractivity contribution in [1.82, 2.24) is 25.5 Å². The van der Waals surface area contributed by atoms with E-state index in [1.807, 2.05) is 0 Å². The van der Waals surface area contributed by atoms with Crippen LogP contribution in [-0.4, -0.2) is 33.8 Å². The normalized spacial score (nSPS) is 11.8. The highest BCUT2D eigenvalue weighted by molar-refractivity contribution is 6.35. The minimum absolute atomic E-state index is 0.252. The number of rotatable bonds is 4. The lowest BCUT2D eigenvalue weighted by Gasteiger charge is -2.07.